The molecular weight excluding hydrogens is 321 g/mol. The Morgan fingerprint density at radius 2 is 1.95 bits per heavy atom. The summed E-state index contributed by atoms with van der Waals surface area (Å²) in [5.74, 6) is -0.312. The summed E-state index contributed by atoms with van der Waals surface area (Å²) >= 11 is 12.0. The van der Waals surface area contributed by atoms with Gasteiger partial charge in [0.25, 0.3) is 0 Å². The van der Waals surface area contributed by atoms with Gasteiger partial charge in [-0.05, 0) is 36.8 Å². The van der Waals surface area contributed by atoms with E-state index in [1.54, 1.807) is 24.3 Å². The molecule has 0 aliphatic carbocycles. The highest BCUT2D eigenvalue weighted by Gasteiger charge is 2.25. The highest BCUT2D eigenvalue weighted by Crippen LogP contribution is 2.26. The number of aliphatic imine (C=N–C) groups is 1. The van der Waals surface area contributed by atoms with Crippen LogP contribution in [0, 0.1) is 6.92 Å². The van der Waals surface area contributed by atoms with Crippen LogP contribution in [-0.2, 0) is 9.53 Å². The van der Waals surface area contributed by atoms with Crippen LogP contribution in [0.4, 0.5) is 0 Å². The van der Waals surface area contributed by atoms with Crippen molar-refractivity contribution in [2.24, 2.45) is 4.99 Å². The van der Waals surface area contributed by atoms with Gasteiger partial charge in [-0.2, -0.15) is 0 Å². The third-order valence-corrected chi connectivity index (χ3v) is 3.68. The zero-order chi connectivity index (χ0) is 15.7. The standard InChI is InChI=1S/C17H11Cl2NO2/c1-10-3-2-4-11(7-10)8-15-17(21)22-16(20-15)13-6-5-12(18)9-14(13)19/h2-9H,1H3/b15-8-. The first-order valence-corrected chi connectivity index (χ1v) is 7.33. The summed E-state index contributed by atoms with van der Waals surface area (Å²) in [5.41, 5.74) is 2.77. The molecule has 1 aliphatic rings. The number of rotatable bonds is 2. The molecule has 0 saturated carbocycles. The van der Waals surface area contributed by atoms with Gasteiger partial charge in [0.1, 0.15) is 0 Å². The van der Waals surface area contributed by atoms with Crippen molar-refractivity contribution in [1.82, 2.24) is 0 Å². The lowest BCUT2D eigenvalue weighted by molar-refractivity contribution is -0.129. The maximum Gasteiger partial charge on any atom is 0.363 e. The lowest BCUT2D eigenvalue weighted by Gasteiger charge is -2.02. The van der Waals surface area contributed by atoms with Crippen LogP contribution in [0.5, 0.6) is 0 Å². The van der Waals surface area contributed by atoms with E-state index in [-0.39, 0.29) is 11.6 Å². The Hall–Kier alpha value is -2.10. The van der Waals surface area contributed by atoms with E-state index in [1.165, 1.54) is 0 Å². The predicted octanol–water partition coefficient (Wildman–Crippen LogP) is 4.65. The Labute approximate surface area is 137 Å². The van der Waals surface area contributed by atoms with Crippen LogP contribution in [-0.4, -0.2) is 11.9 Å². The monoisotopic (exact) mass is 331 g/mol. The van der Waals surface area contributed by atoms with Crippen LogP contribution >= 0.6 is 23.2 Å². The molecule has 0 unspecified atom stereocenters. The quantitative estimate of drug-likeness (QED) is 0.593. The Kier molecular flexibility index (Phi) is 4.01. The zero-order valence-corrected chi connectivity index (χ0v) is 13.2. The number of esters is 1. The number of hydrogen-bond donors (Lipinski definition) is 0. The molecule has 2 aromatic carbocycles. The number of aryl methyl sites for hydroxylation is 1. The Bertz CT molecular complexity index is 825. The highest BCUT2D eigenvalue weighted by atomic mass is 35.5. The molecular formula is C17H11Cl2NO2. The maximum absolute atomic E-state index is 12.0. The van der Waals surface area contributed by atoms with E-state index in [0.717, 1.165) is 11.1 Å². The van der Waals surface area contributed by atoms with Crippen LogP contribution < -0.4 is 0 Å². The van der Waals surface area contributed by atoms with Crippen molar-refractivity contribution in [2.75, 3.05) is 0 Å². The van der Waals surface area contributed by atoms with Gasteiger partial charge in [0.2, 0.25) is 5.90 Å². The fourth-order valence-corrected chi connectivity index (χ4v) is 2.59. The van der Waals surface area contributed by atoms with Crippen LogP contribution in [0.15, 0.2) is 53.2 Å². The smallest absolute Gasteiger partial charge is 0.363 e. The molecule has 0 atom stereocenters. The van der Waals surface area contributed by atoms with Crippen molar-refractivity contribution < 1.29 is 9.53 Å². The van der Waals surface area contributed by atoms with Gasteiger partial charge in [-0.3, -0.25) is 0 Å². The first kappa shape index (κ1) is 14.8. The fraction of sp³-hybridized carbons (Fsp3) is 0.0588. The van der Waals surface area contributed by atoms with E-state index in [0.29, 0.717) is 15.6 Å². The molecule has 0 bridgehead atoms. The molecule has 3 rings (SSSR count). The van der Waals surface area contributed by atoms with E-state index in [9.17, 15) is 4.79 Å². The van der Waals surface area contributed by atoms with Crippen LogP contribution in [0.3, 0.4) is 0 Å². The number of nitrogens with zero attached hydrogens (tertiary/aromatic N) is 1. The van der Waals surface area contributed by atoms with Crippen molar-refractivity contribution in [3.63, 3.8) is 0 Å². The van der Waals surface area contributed by atoms with Crippen molar-refractivity contribution in [2.45, 2.75) is 6.92 Å². The number of cyclic esters (lactones) is 1. The average Bonchev–Trinajstić information content (AvgIpc) is 2.80. The minimum atomic E-state index is -0.498. The molecule has 0 saturated heterocycles. The summed E-state index contributed by atoms with van der Waals surface area (Å²) in [5, 5.41) is 0.894. The van der Waals surface area contributed by atoms with Gasteiger partial charge in [-0.15, -0.1) is 0 Å². The van der Waals surface area contributed by atoms with E-state index in [2.05, 4.69) is 4.99 Å². The third-order valence-electron chi connectivity index (χ3n) is 3.13. The van der Waals surface area contributed by atoms with Crippen molar-refractivity contribution >= 4 is 41.1 Å². The van der Waals surface area contributed by atoms with Gasteiger partial charge < -0.3 is 4.74 Å². The fourth-order valence-electron chi connectivity index (χ4n) is 2.11. The van der Waals surface area contributed by atoms with Crippen LogP contribution in [0.1, 0.15) is 16.7 Å². The highest BCUT2D eigenvalue weighted by molar-refractivity contribution is 6.37. The summed E-state index contributed by atoms with van der Waals surface area (Å²) in [6.07, 6.45) is 1.69. The minimum Gasteiger partial charge on any atom is -0.402 e. The molecule has 3 nitrogen and oxygen atoms in total. The zero-order valence-electron chi connectivity index (χ0n) is 11.6. The normalized spacial score (nSPS) is 15.9. The van der Waals surface area contributed by atoms with E-state index in [4.69, 9.17) is 27.9 Å². The van der Waals surface area contributed by atoms with E-state index in [1.807, 2.05) is 31.2 Å². The Morgan fingerprint density at radius 3 is 2.68 bits per heavy atom. The molecule has 0 aromatic heterocycles. The van der Waals surface area contributed by atoms with Gasteiger partial charge >= 0.3 is 5.97 Å². The first-order valence-electron chi connectivity index (χ1n) is 6.57. The van der Waals surface area contributed by atoms with E-state index < -0.39 is 5.97 Å². The molecule has 0 fully saturated rings. The lowest BCUT2D eigenvalue weighted by atomic mass is 10.1. The molecule has 22 heavy (non-hydrogen) atoms. The van der Waals surface area contributed by atoms with Crippen LogP contribution in [0.25, 0.3) is 6.08 Å². The second kappa shape index (κ2) is 5.95. The molecule has 1 heterocycles. The van der Waals surface area contributed by atoms with Crippen LogP contribution in [0.2, 0.25) is 10.0 Å². The summed E-state index contributed by atoms with van der Waals surface area (Å²) in [6.45, 7) is 1.98. The number of carbonyl (C=O) groups excluding carboxylic acids is 1. The summed E-state index contributed by atoms with van der Waals surface area (Å²) < 4.78 is 5.20. The van der Waals surface area contributed by atoms with Gasteiger partial charge in [0.15, 0.2) is 5.70 Å². The molecule has 110 valence electrons. The minimum absolute atomic E-state index is 0.186. The molecule has 0 spiro atoms. The third kappa shape index (κ3) is 3.06. The lowest BCUT2D eigenvalue weighted by Crippen LogP contribution is -2.05. The molecule has 0 N–H and O–H groups in total. The van der Waals surface area contributed by atoms with Gasteiger partial charge in [-0.25, -0.2) is 9.79 Å². The number of ether oxygens (including phenoxy) is 1. The van der Waals surface area contributed by atoms with Crippen molar-refractivity contribution in [1.29, 1.82) is 0 Å². The second-order valence-corrected chi connectivity index (χ2v) is 5.72. The Morgan fingerprint density at radius 1 is 1.14 bits per heavy atom. The predicted molar refractivity (Wildman–Crippen MR) is 88.2 cm³/mol. The van der Waals surface area contributed by atoms with Crippen molar-refractivity contribution in [3.05, 3.63) is 74.9 Å². The molecule has 1 aliphatic heterocycles. The van der Waals surface area contributed by atoms with Gasteiger partial charge in [0.05, 0.1) is 10.6 Å². The number of carbonyl (C=O) groups is 1. The largest absolute Gasteiger partial charge is 0.402 e. The number of halogens is 2. The summed E-state index contributed by atoms with van der Waals surface area (Å²) in [4.78, 5) is 16.2. The first-order chi connectivity index (χ1) is 10.5. The molecule has 5 heteroatoms. The van der Waals surface area contributed by atoms with Gasteiger partial charge in [0, 0.05) is 5.02 Å². The Balaban J connectivity index is 1.98. The number of hydrogen-bond acceptors (Lipinski definition) is 3. The topological polar surface area (TPSA) is 38.7 Å². The SMILES string of the molecule is Cc1cccc(/C=C2\N=C(c3ccc(Cl)cc3Cl)OC2=O)c1. The molecule has 0 amide bonds. The maximum atomic E-state index is 12.0. The van der Waals surface area contributed by atoms with E-state index >= 15 is 0 Å². The second-order valence-electron chi connectivity index (χ2n) is 4.87. The summed E-state index contributed by atoms with van der Waals surface area (Å²) in [7, 11) is 0. The molecule has 2 aromatic rings. The molecule has 0 radical (unpaired) electrons. The summed E-state index contributed by atoms with van der Waals surface area (Å²) in [6, 6.07) is 12.7. The average molecular weight is 332 g/mol. The number of benzene rings is 2. The van der Waals surface area contributed by atoms with Gasteiger partial charge in [-0.1, -0.05) is 53.0 Å². The van der Waals surface area contributed by atoms with Crippen molar-refractivity contribution in [3.8, 4) is 0 Å².